The van der Waals surface area contributed by atoms with Crippen LogP contribution in [0.2, 0.25) is 5.02 Å². The minimum absolute atomic E-state index is 0.0685. The fourth-order valence-electron chi connectivity index (χ4n) is 2.15. The molecule has 0 unspecified atom stereocenters. The summed E-state index contributed by atoms with van der Waals surface area (Å²) in [5.41, 5.74) is 1.22. The molecule has 2 aromatic heterocycles. The topological polar surface area (TPSA) is 75.1 Å². The highest BCUT2D eigenvalue weighted by Gasteiger charge is 2.16. The summed E-state index contributed by atoms with van der Waals surface area (Å²) >= 11 is 7.65. The van der Waals surface area contributed by atoms with E-state index < -0.39 is 5.97 Å². The molecule has 0 fully saturated rings. The van der Waals surface area contributed by atoms with Crippen LogP contribution in [0.4, 0.5) is 10.9 Å². The van der Waals surface area contributed by atoms with Crippen molar-refractivity contribution < 1.29 is 9.90 Å². The van der Waals surface area contributed by atoms with Gasteiger partial charge in [-0.1, -0.05) is 11.6 Å². The smallest absolute Gasteiger partial charge is 0.337 e. The molecule has 7 heteroatoms. The molecule has 0 bridgehead atoms. The largest absolute Gasteiger partial charge is 0.478 e. The number of carboxylic acids is 1. The fourth-order valence-corrected chi connectivity index (χ4v) is 3.42. The van der Waals surface area contributed by atoms with Crippen LogP contribution in [-0.2, 0) is 12.8 Å². The zero-order chi connectivity index (χ0) is 14.1. The average molecular weight is 310 g/mol. The number of carbonyl (C=O) groups is 1. The molecular formula is C13H12ClN3O2S. The van der Waals surface area contributed by atoms with E-state index >= 15 is 0 Å². The van der Waals surface area contributed by atoms with E-state index in [-0.39, 0.29) is 10.6 Å². The Morgan fingerprint density at radius 3 is 2.90 bits per heavy atom. The van der Waals surface area contributed by atoms with E-state index in [4.69, 9.17) is 16.7 Å². The van der Waals surface area contributed by atoms with Crippen molar-refractivity contribution in [1.82, 2.24) is 9.97 Å². The van der Waals surface area contributed by atoms with E-state index in [1.807, 2.05) is 0 Å². The van der Waals surface area contributed by atoms with Crippen LogP contribution in [0.5, 0.6) is 0 Å². The maximum absolute atomic E-state index is 10.8. The highest BCUT2D eigenvalue weighted by Crippen LogP contribution is 2.32. The van der Waals surface area contributed by atoms with E-state index in [1.165, 1.54) is 30.0 Å². The maximum Gasteiger partial charge on any atom is 0.337 e. The van der Waals surface area contributed by atoms with Gasteiger partial charge in [-0.25, -0.2) is 14.8 Å². The van der Waals surface area contributed by atoms with Gasteiger partial charge in [0.05, 0.1) is 16.3 Å². The number of hydrogen-bond donors (Lipinski definition) is 2. The third kappa shape index (κ3) is 2.62. The quantitative estimate of drug-likeness (QED) is 0.907. The zero-order valence-corrected chi connectivity index (χ0v) is 12.1. The first-order chi connectivity index (χ1) is 9.63. The van der Waals surface area contributed by atoms with E-state index in [1.54, 1.807) is 11.3 Å². The number of pyridine rings is 1. The van der Waals surface area contributed by atoms with Gasteiger partial charge in [0.15, 0.2) is 10.9 Å². The molecule has 20 heavy (non-hydrogen) atoms. The number of nitrogens with zero attached hydrogens (tertiary/aromatic N) is 2. The number of carboxylic acid groups (broad SMARTS) is 1. The molecule has 0 saturated heterocycles. The molecule has 0 spiro atoms. The van der Waals surface area contributed by atoms with Crippen LogP contribution in [0, 0.1) is 0 Å². The van der Waals surface area contributed by atoms with Gasteiger partial charge in [0.1, 0.15) is 0 Å². The molecular weight excluding hydrogens is 298 g/mol. The van der Waals surface area contributed by atoms with Gasteiger partial charge in [-0.05, 0) is 31.7 Å². The predicted octanol–water partition coefficient (Wildman–Crippen LogP) is 3.51. The molecule has 2 heterocycles. The molecule has 0 aliphatic heterocycles. The molecule has 1 aliphatic carbocycles. The van der Waals surface area contributed by atoms with Gasteiger partial charge >= 0.3 is 5.97 Å². The average Bonchev–Trinajstić information content (AvgIpc) is 2.83. The van der Waals surface area contributed by atoms with Gasteiger partial charge in [0, 0.05) is 11.1 Å². The van der Waals surface area contributed by atoms with Crippen LogP contribution in [-0.4, -0.2) is 21.0 Å². The summed E-state index contributed by atoms with van der Waals surface area (Å²) in [6, 6.07) is 1.38. The summed E-state index contributed by atoms with van der Waals surface area (Å²) in [5.74, 6) is -0.613. The molecule has 5 nitrogen and oxygen atoms in total. The van der Waals surface area contributed by atoms with Crippen LogP contribution in [0.15, 0.2) is 12.3 Å². The summed E-state index contributed by atoms with van der Waals surface area (Å²) in [6.07, 6.45) is 5.77. The number of aryl methyl sites for hydroxylation is 2. The van der Waals surface area contributed by atoms with E-state index in [0.717, 1.165) is 23.7 Å². The van der Waals surface area contributed by atoms with Crippen LogP contribution >= 0.6 is 22.9 Å². The second-order valence-electron chi connectivity index (χ2n) is 4.58. The first kappa shape index (κ1) is 13.3. The molecule has 2 N–H and O–H groups in total. The summed E-state index contributed by atoms with van der Waals surface area (Å²) in [6.45, 7) is 0. The van der Waals surface area contributed by atoms with Crippen molar-refractivity contribution in [3.8, 4) is 0 Å². The lowest BCUT2D eigenvalue weighted by molar-refractivity contribution is 0.0696. The van der Waals surface area contributed by atoms with E-state index in [0.29, 0.717) is 5.82 Å². The first-order valence-electron chi connectivity index (χ1n) is 6.28. The lowest BCUT2D eigenvalue weighted by atomic mass is 10.0. The van der Waals surface area contributed by atoms with Gasteiger partial charge in [0.25, 0.3) is 0 Å². The Labute approximate surface area is 124 Å². The number of hydrogen-bond acceptors (Lipinski definition) is 5. The van der Waals surface area contributed by atoms with Crippen molar-refractivity contribution in [2.24, 2.45) is 0 Å². The van der Waals surface area contributed by atoms with E-state index in [9.17, 15) is 4.79 Å². The standard InChI is InChI=1S/C13H12ClN3O2S/c14-8-5-7(12(18)19)6-15-11(8)17-13-16-9-3-1-2-4-10(9)20-13/h5-6H,1-4H2,(H,18,19)(H,15,16,17). The van der Waals surface area contributed by atoms with Gasteiger partial charge in [-0.15, -0.1) is 11.3 Å². The number of aromatic nitrogens is 2. The van der Waals surface area contributed by atoms with Crippen LogP contribution < -0.4 is 5.32 Å². The number of anilines is 2. The molecule has 0 amide bonds. The van der Waals surface area contributed by atoms with E-state index in [2.05, 4.69) is 15.3 Å². The van der Waals surface area contributed by atoms with Gasteiger partial charge in [-0.3, -0.25) is 0 Å². The number of nitrogens with one attached hydrogen (secondary N) is 1. The fraction of sp³-hybridized carbons (Fsp3) is 0.308. The Balaban J connectivity index is 1.84. The van der Waals surface area contributed by atoms with Crippen molar-refractivity contribution in [2.75, 3.05) is 5.32 Å². The van der Waals surface area contributed by atoms with Gasteiger partial charge in [-0.2, -0.15) is 0 Å². The number of halogens is 1. The molecule has 2 aromatic rings. The monoisotopic (exact) mass is 309 g/mol. The van der Waals surface area contributed by atoms with Gasteiger partial charge in [0.2, 0.25) is 0 Å². The highest BCUT2D eigenvalue weighted by molar-refractivity contribution is 7.15. The molecule has 104 valence electrons. The third-order valence-corrected chi connectivity index (χ3v) is 4.52. The molecule has 1 aliphatic rings. The number of fused-ring (bicyclic) bond motifs is 1. The summed E-state index contributed by atoms with van der Waals surface area (Å²) < 4.78 is 0. The Bertz CT molecular complexity index is 648. The number of aromatic carboxylic acids is 1. The number of rotatable bonds is 3. The summed E-state index contributed by atoms with van der Waals surface area (Å²) in [5, 5.41) is 13.0. The van der Waals surface area contributed by atoms with Crippen molar-refractivity contribution >= 4 is 39.9 Å². The van der Waals surface area contributed by atoms with Crippen molar-refractivity contribution in [2.45, 2.75) is 25.7 Å². The molecule has 0 radical (unpaired) electrons. The van der Waals surface area contributed by atoms with Crippen LogP contribution in [0.1, 0.15) is 33.8 Å². The second-order valence-corrected chi connectivity index (χ2v) is 6.07. The second kappa shape index (κ2) is 5.38. The van der Waals surface area contributed by atoms with Gasteiger partial charge < -0.3 is 10.4 Å². The predicted molar refractivity (Wildman–Crippen MR) is 78.2 cm³/mol. The number of thiazole rings is 1. The Kier molecular flexibility index (Phi) is 3.58. The van der Waals surface area contributed by atoms with Crippen LogP contribution in [0.25, 0.3) is 0 Å². The molecule has 0 aromatic carbocycles. The SMILES string of the molecule is O=C(O)c1cnc(Nc2nc3c(s2)CCCC3)c(Cl)c1. The third-order valence-electron chi connectivity index (χ3n) is 3.16. The maximum atomic E-state index is 10.8. The van der Waals surface area contributed by atoms with Crippen LogP contribution in [0.3, 0.4) is 0 Å². The lowest BCUT2D eigenvalue weighted by Gasteiger charge is -2.06. The minimum Gasteiger partial charge on any atom is -0.478 e. The van der Waals surface area contributed by atoms with Crippen molar-refractivity contribution in [3.05, 3.63) is 33.4 Å². The summed E-state index contributed by atoms with van der Waals surface area (Å²) in [7, 11) is 0. The first-order valence-corrected chi connectivity index (χ1v) is 7.47. The molecule has 3 rings (SSSR count). The lowest BCUT2D eigenvalue weighted by Crippen LogP contribution is -2.01. The van der Waals surface area contributed by atoms with Crippen molar-refractivity contribution in [3.63, 3.8) is 0 Å². The minimum atomic E-state index is -1.05. The Morgan fingerprint density at radius 2 is 2.20 bits per heavy atom. The van der Waals surface area contributed by atoms with Crippen molar-refractivity contribution in [1.29, 1.82) is 0 Å². The summed E-state index contributed by atoms with van der Waals surface area (Å²) in [4.78, 5) is 20.7. The zero-order valence-electron chi connectivity index (χ0n) is 10.5. The Hall–Kier alpha value is -1.66. The molecule has 0 saturated carbocycles. The Morgan fingerprint density at radius 1 is 1.40 bits per heavy atom. The normalized spacial score (nSPS) is 13.8. The highest BCUT2D eigenvalue weighted by atomic mass is 35.5. The molecule has 0 atom stereocenters.